The van der Waals surface area contributed by atoms with Gasteiger partial charge in [-0.25, -0.2) is 0 Å². The molecule has 3 rings (SSSR count). The number of ether oxygens (including phenoxy) is 1. The number of hydrogen-bond donors (Lipinski definition) is 1. The zero-order chi connectivity index (χ0) is 26.1. The van der Waals surface area contributed by atoms with Crippen molar-refractivity contribution < 1.29 is 14.3 Å². The number of amides is 2. The highest BCUT2D eigenvalue weighted by atomic mass is 79.9. The quantitative estimate of drug-likeness (QED) is 0.318. The first-order valence-electron chi connectivity index (χ1n) is 12.4. The van der Waals surface area contributed by atoms with Gasteiger partial charge in [-0.15, -0.1) is 0 Å². The van der Waals surface area contributed by atoms with E-state index in [-0.39, 0.29) is 24.5 Å². The van der Waals surface area contributed by atoms with Crippen LogP contribution in [-0.4, -0.2) is 35.4 Å². The Bertz CT molecular complexity index is 1130. The molecule has 1 N–H and O–H groups in total. The molecule has 5 nitrogen and oxygen atoms in total. The lowest BCUT2D eigenvalue weighted by molar-refractivity contribution is -0.143. The zero-order valence-corrected chi connectivity index (χ0v) is 23.0. The van der Waals surface area contributed by atoms with E-state index in [0.29, 0.717) is 18.7 Å². The number of benzene rings is 3. The molecular formula is C30H35BrN2O3. The Morgan fingerprint density at radius 1 is 0.944 bits per heavy atom. The van der Waals surface area contributed by atoms with Gasteiger partial charge in [-0.1, -0.05) is 83.5 Å². The predicted octanol–water partition coefficient (Wildman–Crippen LogP) is 6.00. The lowest BCUT2D eigenvalue weighted by atomic mass is 10.0. The second kappa shape index (κ2) is 13.3. The maximum absolute atomic E-state index is 13.7. The molecule has 0 radical (unpaired) electrons. The number of nitrogens with zero attached hydrogens (tertiary/aromatic N) is 1. The summed E-state index contributed by atoms with van der Waals surface area (Å²) in [4.78, 5) is 28.8. The molecule has 0 aromatic heterocycles. The van der Waals surface area contributed by atoms with E-state index in [4.69, 9.17) is 4.74 Å². The fourth-order valence-corrected chi connectivity index (χ4v) is 4.22. The van der Waals surface area contributed by atoms with Crippen LogP contribution in [0.4, 0.5) is 0 Å². The van der Waals surface area contributed by atoms with E-state index in [1.54, 1.807) is 4.90 Å². The van der Waals surface area contributed by atoms with Crippen LogP contribution in [-0.2, 0) is 22.6 Å². The number of rotatable bonds is 11. The Balaban J connectivity index is 1.90. The average molecular weight is 552 g/mol. The Kier molecular flexibility index (Phi) is 10.1. The van der Waals surface area contributed by atoms with Crippen molar-refractivity contribution in [1.82, 2.24) is 10.2 Å². The molecule has 0 bridgehead atoms. The highest BCUT2D eigenvalue weighted by Crippen LogP contribution is 2.26. The van der Waals surface area contributed by atoms with Gasteiger partial charge in [0.25, 0.3) is 5.91 Å². The number of nitrogens with one attached hydrogen (secondary N) is 1. The van der Waals surface area contributed by atoms with Gasteiger partial charge in [0, 0.05) is 23.5 Å². The van der Waals surface area contributed by atoms with Crippen LogP contribution in [0.15, 0.2) is 77.3 Å². The van der Waals surface area contributed by atoms with Gasteiger partial charge in [0.2, 0.25) is 5.91 Å². The van der Waals surface area contributed by atoms with Crippen molar-refractivity contribution >= 4 is 27.7 Å². The van der Waals surface area contributed by atoms with Crippen LogP contribution in [0, 0.1) is 13.8 Å². The molecular weight excluding hydrogens is 516 g/mol. The summed E-state index contributed by atoms with van der Waals surface area (Å²) in [7, 11) is 0. The first-order valence-corrected chi connectivity index (χ1v) is 13.1. The molecule has 3 aromatic carbocycles. The van der Waals surface area contributed by atoms with Gasteiger partial charge in [-0.05, 0) is 61.6 Å². The van der Waals surface area contributed by atoms with Crippen LogP contribution in [0.5, 0.6) is 5.75 Å². The van der Waals surface area contributed by atoms with Crippen LogP contribution in [0.2, 0.25) is 0 Å². The lowest BCUT2D eigenvalue weighted by Gasteiger charge is -2.32. The van der Waals surface area contributed by atoms with Crippen molar-refractivity contribution in [2.24, 2.45) is 0 Å². The second-order valence-electron chi connectivity index (χ2n) is 9.19. The number of aryl methyl sites for hydroxylation is 2. The highest BCUT2D eigenvalue weighted by molar-refractivity contribution is 9.10. The third kappa shape index (κ3) is 7.69. The van der Waals surface area contributed by atoms with Crippen molar-refractivity contribution in [2.45, 2.75) is 59.2 Å². The van der Waals surface area contributed by atoms with Gasteiger partial charge in [-0.3, -0.25) is 9.59 Å². The van der Waals surface area contributed by atoms with Gasteiger partial charge in [0.05, 0.1) is 0 Å². The average Bonchev–Trinajstić information content (AvgIpc) is 2.88. The van der Waals surface area contributed by atoms with Crippen molar-refractivity contribution in [1.29, 1.82) is 0 Å². The molecule has 0 spiro atoms. The van der Waals surface area contributed by atoms with E-state index < -0.39 is 6.04 Å². The normalized spacial score (nSPS) is 12.5. The third-order valence-electron chi connectivity index (χ3n) is 6.24. The van der Waals surface area contributed by atoms with Crippen molar-refractivity contribution in [3.63, 3.8) is 0 Å². The fraction of sp³-hybridized carbons (Fsp3) is 0.333. The summed E-state index contributed by atoms with van der Waals surface area (Å²) in [5.41, 5.74) is 4.02. The van der Waals surface area contributed by atoms with Gasteiger partial charge in [-0.2, -0.15) is 0 Å². The summed E-state index contributed by atoms with van der Waals surface area (Å²) in [6.07, 6.45) is 1.22. The first kappa shape index (κ1) is 27.5. The van der Waals surface area contributed by atoms with E-state index in [2.05, 4.69) is 21.2 Å². The Labute approximate surface area is 223 Å². The molecule has 0 aliphatic rings. The topological polar surface area (TPSA) is 58.6 Å². The molecule has 6 heteroatoms. The van der Waals surface area contributed by atoms with Crippen LogP contribution < -0.4 is 10.1 Å². The molecule has 2 atom stereocenters. The van der Waals surface area contributed by atoms with Gasteiger partial charge < -0.3 is 15.0 Å². The summed E-state index contributed by atoms with van der Waals surface area (Å²) in [6, 6.07) is 22.7. The molecule has 0 aliphatic heterocycles. The minimum absolute atomic E-state index is 0.00872. The molecule has 190 valence electrons. The van der Waals surface area contributed by atoms with E-state index in [9.17, 15) is 9.59 Å². The van der Waals surface area contributed by atoms with E-state index >= 15 is 0 Å². The molecule has 0 unspecified atom stereocenters. The molecule has 0 heterocycles. The molecule has 0 saturated carbocycles. The van der Waals surface area contributed by atoms with Gasteiger partial charge in [0.15, 0.2) is 6.61 Å². The highest BCUT2D eigenvalue weighted by Gasteiger charge is 2.31. The van der Waals surface area contributed by atoms with Crippen molar-refractivity contribution in [2.75, 3.05) is 6.61 Å². The minimum Gasteiger partial charge on any atom is -0.484 e. The lowest BCUT2D eigenvalue weighted by Crippen LogP contribution is -2.53. The molecule has 3 aromatic rings. The molecule has 36 heavy (non-hydrogen) atoms. The Morgan fingerprint density at radius 3 is 2.06 bits per heavy atom. The standard InChI is InChI=1S/C30H35BrN2O3/c1-5-23(4)32-30(35)27(18-24-12-8-6-9-13-24)33(19-25-14-10-7-11-15-25)28(34)20-36-26-16-21(2)29(31)22(3)17-26/h6-17,23,27H,5,18-20H2,1-4H3,(H,32,35)/t23-,27-/m0/s1. The SMILES string of the molecule is CC[C@H](C)NC(=O)[C@H](Cc1ccccc1)N(Cc1ccccc1)C(=O)COc1cc(C)c(Br)c(C)c1. The number of hydrogen-bond acceptors (Lipinski definition) is 3. The van der Waals surface area contributed by atoms with Crippen molar-refractivity contribution in [3.8, 4) is 5.75 Å². The first-order chi connectivity index (χ1) is 17.3. The number of halogens is 1. The summed E-state index contributed by atoms with van der Waals surface area (Å²) in [5, 5.41) is 3.09. The van der Waals surface area contributed by atoms with E-state index in [1.807, 2.05) is 100 Å². The summed E-state index contributed by atoms with van der Waals surface area (Å²) < 4.78 is 6.97. The predicted molar refractivity (Wildman–Crippen MR) is 148 cm³/mol. The smallest absolute Gasteiger partial charge is 0.261 e. The zero-order valence-electron chi connectivity index (χ0n) is 21.5. The third-order valence-corrected chi connectivity index (χ3v) is 7.49. The maximum atomic E-state index is 13.7. The largest absolute Gasteiger partial charge is 0.484 e. The summed E-state index contributed by atoms with van der Waals surface area (Å²) >= 11 is 3.57. The van der Waals surface area contributed by atoms with Gasteiger partial charge >= 0.3 is 0 Å². The molecule has 0 fully saturated rings. The Hall–Kier alpha value is -3.12. The molecule has 2 amide bonds. The van der Waals surface area contributed by atoms with Crippen LogP contribution in [0.3, 0.4) is 0 Å². The maximum Gasteiger partial charge on any atom is 0.261 e. The van der Waals surface area contributed by atoms with Gasteiger partial charge in [0.1, 0.15) is 11.8 Å². The monoisotopic (exact) mass is 550 g/mol. The fourth-order valence-electron chi connectivity index (χ4n) is 3.99. The summed E-state index contributed by atoms with van der Waals surface area (Å²) in [6.45, 7) is 8.13. The molecule has 0 aliphatic carbocycles. The minimum atomic E-state index is -0.675. The van der Waals surface area contributed by atoms with Crippen LogP contribution >= 0.6 is 15.9 Å². The van der Waals surface area contributed by atoms with E-state index in [1.165, 1.54) is 0 Å². The number of carbonyl (C=O) groups is 2. The Morgan fingerprint density at radius 2 is 1.50 bits per heavy atom. The number of carbonyl (C=O) groups excluding carboxylic acids is 2. The van der Waals surface area contributed by atoms with E-state index in [0.717, 1.165) is 33.1 Å². The summed E-state index contributed by atoms with van der Waals surface area (Å²) in [5.74, 6) is 0.231. The van der Waals surface area contributed by atoms with Crippen LogP contribution in [0.25, 0.3) is 0 Å². The van der Waals surface area contributed by atoms with Crippen LogP contribution in [0.1, 0.15) is 42.5 Å². The second-order valence-corrected chi connectivity index (χ2v) is 9.98. The van der Waals surface area contributed by atoms with Crippen molar-refractivity contribution in [3.05, 3.63) is 99.5 Å². The molecule has 0 saturated heterocycles.